The predicted octanol–water partition coefficient (Wildman–Crippen LogP) is 2.54. The van der Waals surface area contributed by atoms with Crippen LogP contribution in [0.4, 0.5) is 4.39 Å². The third-order valence-electron chi connectivity index (χ3n) is 3.36. The number of carbonyl (C=O) groups is 1. The maximum Gasteiger partial charge on any atom is 0.260 e. The van der Waals surface area contributed by atoms with Crippen LogP contribution in [0, 0.1) is 5.82 Å². The average Bonchev–Trinajstić information content (AvgIpc) is 2.51. The SMILES string of the molecule is O=C(COc1ccc(F)cc1)N1CC(Oc2ccc(Cl)cn2)C1. The van der Waals surface area contributed by atoms with Crippen molar-refractivity contribution in [1.82, 2.24) is 9.88 Å². The van der Waals surface area contributed by atoms with Crippen LogP contribution in [0.2, 0.25) is 5.02 Å². The van der Waals surface area contributed by atoms with Crippen molar-refractivity contribution in [3.8, 4) is 11.6 Å². The van der Waals surface area contributed by atoms with Gasteiger partial charge >= 0.3 is 0 Å². The molecule has 1 saturated heterocycles. The Labute approximate surface area is 137 Å². The molecule has 0 saturated carbocycles. The molecule has 23 heavy (non-hydrogen) atoms. The zero-order valence-electron chi connectivity index (χ0n) is 12.1. The lowest BCUT2D eigenvalue weighted by molar-refractivity contribution is -0.142. The zero-order valence-corrected chi connectivity index (χ0v) is 12.9. The molecule has 1 aliphatic heterocycles. The summed E-state index contributed by atoms with van der Waals surface area (Å²) in [5.41, 5.74) is 0. The molecule has 0 N–H and O–H groups in total. The van der Waals surface area contributed by atoms with Gasteiger partial charge in [0, 0.05) is 12.3 Å². The summed E-state index contributed by atoms with van der Waals surface area (Å²) in [5, 5.41) is 0.542. The van der Waals surface area contributed by atoms with E-state index >= 15 is 0 Å². The molecule has 1 aliphatic rings. The standard InChI is InChI=1S/C16H14ClFN2O3/c17-11-1-6-15(19-7-11)23-14-8-20(9-14)16(21)10-22-13-4-2-12(18)3-5-13/h1-7,14H,8-10H2. The van der Waals surface area contributed by atoms with Gasteiger partial charge in [0.15, 0.2) is 6.61 Å². The van der Waals surface area contributed by atoms with Gasteiger partial charge in [-0.15, -0.1) is 0 Å². The Bertz CT molecular complexity index is 673. The molecular formula is C16H14ClFN2O3. The summed E-state index contributed by atoms with van der Waals surface area (Å²) < 4.78 is 23.7. The largest absolute Gasteiger partial charge is 0.484 e. The van der Waals surface area contributed by atoms with Crippen molar-refractivity contribution in [2.45, 2.75) is 6.10 Å². The van der Waals surface area contributed by atoms with E-state index in [1.807, 2.05) is 0 Å². The fourth-order valence-electron chi connectivity index (χ4n) is 2.09. The molecule has 2 aromatic rings. The van der Waals surface area contributed by atoms with E-state index in [4.69, 9.17) is 21.1 Å². The molecule has 3 rings (SSSR count). The van der Waals surface area contributed by atoms with Crippen molar-refractivity contribution in [2.75, 3.05) is 19.7 Å². The molecule has 0 unspecified atom stereocenters. The number of carbonyl (C=O) groups excluding carboxylic acids is 1. The number of halogens is 2. The first-order valence-electron chi connectivity index (χ1n) is 7.04. The van der Waals surface area contributed by atoms with E-state index in [1.165, 1.54) is 30.5 Å². The summed E-state index contributed by atoms with van der Waals surface area (Å²) in [5.74, 6) is 0.452. The molecule has 120 valence electrons. The van der Waals surface area contributed by atoms with Gasteiger partial charge in [-0.3, -0.25) is 4.79 Å². The molecule has 0 radical (unpaired) electrons. The van der Waals surface area contributed by atoms with Crippen molar-refractivity contribution in [2.24, 2.45) is 0 Å². The summed E-state index contributed by atoms with van der Waals surface area (Å²) >= 11 is 5.75. The Kier molecular flexibility index (Phi) is 4.62. The number of ether oxygens (including phenoxy) is 2. The summed E-state index contributed by atoms with van der Waals surface area (Å²) in [4.78, 5) is 17.6. The van der Waals surface area contributed by atoms with Crippen LogP contribution in [0.3, 0.4) is 0 Å². The van der Waals surface area contributed by atoms with E-state index in [0.29, 0.717) is 29.7 Å². The van der Waals surface area contributed by atoms with E-state index < -0.39 is 0 Å². The number of hydrogen-bond donors (Lipinski definition) is 0. The van der Waals surface area contributed by atoms with Gasteiger partial charge in [0.05, 0.1) is 18.1 Å². The van der Waals surface area contributed by atoms with E-state index in [9.17, 15) is 9.18 Å². The Morgan fingerprint density at radius 1 is 1.26 bits per heavy atom. The molecule has 1 aromatic heterocycles. The second kappa shape index (κ2) is 6.83. The number of pyridine rings is 1. The maximum absolute atomic E-state index is 12.8. The lowest BCUT2D eigenvalue weighted by Gasteiger charge is -2.38. The van der Waals surface area contributed by atoms with Crippen LogP contribution in [-0.4, -0.2) is 41.6 Å². The van der Waals surface area contributed by atoms with Gasteiger partial charge in [-0.1, -0.05) is 11.6 Å². The highest BCUT2D eigenvalue weighted by atomic mass is 35.5. The predicted molar refractivity (Wildman–Crippen MR) is 82.1 cm³/mol. The number of aromatic nitrogens is 1. The lowest BCUT2D eigenvalue weighted by atomic mass is 10.1. The molecule has 0 bridgehead atoms. The fraction of sp³-hybridized carbons (Fsp3) is 0.250. The van der Waals surface area contributed by atoms with Gasteiger partial charge in [-0.05, 0) is 30.3 Å². The molecule has 1 amide bonds. The smallest absolute Gasteiger partial charge is 0.260 e. The maximum atomic E-state index is 12.8. The van der Waals surface area contributed by atoms with E-state index in [0.717, 1.165) is 0 Å². The summed E-state index contributed by atoms with van der Waals surface area (Å²) in [6.07, 6.45) is 1.42. The highest BCUT2D eigenvalue weighted by Crippen LogP contribution is 2.18. The monoisotopic (exact) mass is 336 g/mol. The summed E-state index contributed by atoms with van der Waals surface area (Å²) in [7, 11) is 0. The number of rotatable bonds is 5. The Morgan fingerprint density at radius 2 is 2.00 bits per heavy atom. The highest BCUT2D eigenvalue weighted by molar-refractivity contribution is 6.30. The highest BCUT2D eigenvalue weighted by Gasteiger charge is 2.32. The number of amides is 1. The third kappa shape index (κ3) is 4.10. The van der Waals surface area contributed by atoms with Crippen LogP contribution in [0.25, 0.3) is 0 Å². The molecule has 7 heteroatoms. The minimum atomic E-state index is -0.345. The first-order valence-corrected chi connectivity index (χ1v) is 7.42. The summed E-state index contributed by atoms with van der Waals surface area (Å²) in [6.45, 7) is 0.878. The first-order chi connectivity index (χ1) is 11.1. The van der Waals surface area contributed by atoms with Gasteiger partial charge in [-0.2, -0.15) is 0 Å². The van der Waals surface area contributed by atoms with Crippen molar-refractivity contribution in [3.63, 3.8) is 0 Å². The van der Waals surface area contributed by atoms with Crippen molar-refractivity contribution in [3.05, 3.63) is 53.4 Å². The van der Waals surface area contributed by atoms with Gasteiger partial charge in [-0.25, -0.2) is 9.37 Å². The Hall–Kier alpha value is -2.34. The van der Waals surface area contributed by atoms with E-state index in [1.54, 1.807) is 17.0 Å². The van der Waals surface area contributed by atoms with Crippen LogP contribution in [0.15, 0.2) is 42.6 Å². The van der Waals surface area contributed by atoms with Gasteiger partial charge < -0.3 is 14.4 Å². The number of hydrogen-bond acceptors (Lipinski definition) is 4. The number of likely N-dealkylation sites (tertiary alicyclic amines) is 1. The van der Waals surface area contributed by atoms with E-state index in [2.05, 4.69) is 4.98 Å². The minimum absolute atomic E-state index is 0.0848. The summed E-state index contributed by atoms with van der Waals surface area (Å²) in [6, 6.07) is 8.92. The van der Waals surface area contributed by atoms with Crippen molar-refractivity contribution >= 4 is 17.5 Å². The molecule has 5 nitrogen and oxygen atoms in total. The Balaban J connectivity index is 1.41. The lowest BCUT2D eigenvalue weighted by Crippen LogP contribution is -2.57. The molecule has 1 fully saturated rings. The number of benzene rings is 1. The average molecular weight is 337 g/mol. The second-order valence-corrected chi connectivity index (χ2v) is 5.53. The fourth-order valence-corrected chi connectivity index (χ4v) is 2.20. The number of nitrogens with zero attached hydrogens (tertiary/aromatic N) is 2. The molecule has 0 atom stereocenters. The van der Waals surface area contributed by atoms with Gasteiger partial charge in [0.2, 0.25) is 5.88 Å². The molecule has 1 aromatic carbocycles. The van der Waals surface area contributed by atoms with Crippen LogP contribution < -0.4 is 9.47 Å². The topological polar surface area (TPSA) is 51.7 Å². The zero-order chi connectivity index (χ0) is 16.2. The van der Waals surface area contributed by atoms with Crippen LogP contribution >= 0.6 is 11.6 Å². The molecule has 2 heterocycles. The Morgan fingerprint density at radius 3 is 2.65 bits per heavy atom. The van der Waals surface area contributed by atoms with Gasteiger partial charge in [0.25, 0.3) is 5.91 Å². The quantitative estimate of drug-likeness (QED) is 0.842. The second-order valence-electron chi connectivity index (χ2n) is 5.10. The van der Waals surface area contributed by atoms with Crippen LogP contribution in [-0.2, 0) is 4.79 Å². The van der Waals surface area contributed by atoms with Crippen LogP contribution in [0.5, 0.6) is 11.6 Å². The third-order valence-corrected chi connectivity index (χ3v) is 3.59. The first kappa shape index (κ1) is 15.6. The minimum Gasteiger partial charge on any atom is -0.484 e. The van der Waals surface area contributed by atoms with Crippen LogP contribution in [0.1, 0.15) is 0 Å². The van der Waals surface area contributed by atoms with Crippen molar-refractivity contribution < 1.29 is 18.7 Å². The molecule has 0 aliphatic carbocycles. The van der Waals surface area contributed by atoms with E-state index in [-0.39, 0.29) is 24.4 Å². The molecule has 0 spiro atoms. The van der Waals surface area contributed by atoms with Crippen molar-refractivity contribution in [1.29, 1.82) is 0 Å². The molecular weight excluding hydrogens is 323 g/mol. The van der Waals surface area contributed by atoms with Gasteiger partial charge in [0.1, 0.15) is 17.7 Å². The normalized spacial score (nSPS) is 14.3.